The molecule has 1 aliphatic carbocycles. The molecule has 0 N–H and O–H groups in total. The van der Waals surface area contributed by atoms with Crippen LogP contribution in [-0.4, -0.2) is 4.98 Å². The molecule has 0 unspecified atom stereocenters. The summed E-state index contributed by atoms with van der Waals surface area (Å²) in [4.78, 5) is 4.39. The number of allylic oxidation sites excluding steroid dienone is 3. The molecule has 2 aromatic rings. The average Bonchev–Trinajstić information content (AvgIpc) is 2.62. The molecule has 0 atom stereocenters. The number of rotatable bonds is 1. The number of hydrogen-bond acceptors (Lipinski definition) is 1. The Hall–Kier alpha value is -2.15. The van der Waals surface area contributed by atoms with Gasteiger partial charge in [0.15, 0.2) is 0 Å². The Labute approximate surface area is 101 Å². The van der Waals surface area contributed by atoms with Crippen LogP contribution in [0.25, 0.3) is 11.6 Å². The van der Waals surface area contributed by atoms with Gasteiger partial charge in [0.05, 0.1) is 5.69 Å². The Bertz CT molecular complexity index is 579. The van der Waals surface area contributed by atoms with E-state index in [1.165, 1.54) is 16.7 Å². The highest BCUT2D eigenvalue weighted by molar-refractivity contribution is 5.80. The van der Waals surface area contributed by atoms with Crippen LogP contribution in [0.5, 0.6) is 0 Å². The van der Waals surface area contributed by atoms with Crippen molar-refractivity contribution in [2.75, 3.05) is 0 Å². The molecule has 0 amide bonds. The zero-order valence-corrected chi connectivity index (χ0v) is 9.51. The zero-order chi connectivity index (χ0) is 11.5. The number of nitrogens with zero attached hydrogens (tertiary/aromatic N) is 1. The molecule has 0 saturated heterocycles. The third-order valence-electron chi connectivity index (χ3n) is 3.00. The first-order chi connectivity index (χ1) is 8.43. The summed E-state index contributed by atoms with van der Waals surface area (Å²) in [5.41, 5.74) is 4.89. The van der Waals surface area contributed by atoms with Crippen LogP contribution in [-0.2, 0) is 6.42 Å². The molecular formula is C16H13N. The summed E-state index contributed by atoms with van der Waals surface area (Å²) in [5.74, 6) is 0. The Kier molecular flexibility index (Phi) is 2.59. The normalized spacial score (nSPS) is 13.8. The minimum absolute atomic E-state index is 0.945. The van der Waals surface area contributed by atoms with Gasteiger partial charge in [-0.3, -0.25) is 4.98 Å². The van der Waals surface area contributed by atoms with Crippen LogP contribution in [0.4, 0.5) is 0 Å². The van der Waals surface area contributed by atoms with E-state index in [2.05, 4.69) is 53.5 Å². The van der Waals surface area contributed by atoms with Gasteiger partial charge in [-0.15, -0.1) is 0 Å². The Balaban J connectivity index is 2.00. The van der Waals surface area contributed by atoms with Gasteiger partial charge in [-0.05, 0) is 35.3 Å². The molecule has 0 aliphatic heterocycles. The fourth-order valence-electron chi connectivity index (χ4n) is 2.07. The summed E-state index contributed by atoms with van der Waals surface area (Å²) < 4.78 is 0. The lowest BCUT2D eigenvalue weighted by atomic mass is 10.0. The van der Waals surface area contributed by atoms with E-state index in [0.29, 0.717) is 0 Å². The molecule has 0 radical (unpaired) electrons. The minimum atomic E-state index is 0.945. The van der Waals surface area contributed by atoms with Crippen LogP contribution in [0.1, 0.15) is 16.8 Å². The largest absolute Gasteiger partial charge is 0.257 e. The lowest BCUT2D eigenvalue weighted by molar-refractivity contribution is 1.17. The average molecular weight is 219 g/mol. The number of aromatic nitrogens is 1. The maximum atomic E-state index is 4.39. The van der Waals surface area contributed by atoms with Crippen LogP contribution >= 0.6 is 0 Å². The van der Waals surface area contributed by atoms with E-state index in [-0.39, 0.29) is 0 Å². The van der Waals surface area contributed by atoms with Crippen molar-refractivity contribution < 1.29 is 0 Å². The fourth-order valence-corrected chi connectivity index (χ4v) is 2.07. The van der Waals surface area contributed by atoms with Gasteiger partial charge in [0, 0.05) is 6.20 Å². The highest BCUT2D eigenvalue weighted by Gasteiger charge is 2.05. The van der Waals surface area contributed by atoms with E-state index in [4.69, 9.17) is 0 Å². The molecule has 1 nitrogen and oxygen atoms in total. The van der Waals surface area contributed by atoms with Crippen molar-refractivity contribution in [3.05, 3.63) is 77.6 Å². The van der Waals surface area contributed by atoms with Gasteiger partial charge in [-0.25, -0.2) is 0 Å². The molecule has 0 saturated carbocycles. The van der Waals surface area contributed by atoms with Gasteiger partial charge in [-0.1, -0.05) is 48.6 Å². The van der Waals surface area contributed by atoms with Crippen LogP contribution < -0.4 is 0 Å². The quantitative estimate of drug-likeness (QED) is 0.712. The van der Waals surface area contributed by atoms with Crippen molar-refractivity contribution in [2.45, 2.75) is 6.42 Å². The van der Waals surface area contributed by atoms with Crippen molar-refractivity contribution >= 4 is 11.6 Å². The van der Waals surface area contributed by atoms with Gasteiger partial charge < -0.3 is 0 Å². The van der Waals surface area contributed by atoms with E-state index in [1.807, 2.05) is 18.3 Å². The number of benzene rings is 1. The van der Waals surface area contributed by atoms with Crippen molar-refractivity contribution in [3.63, 3.8) is 0 Å². The molecule has 0 spiro atoms. The molecule has 1 aromatic heterocycles. The van der Waals surface area contributed by atoms with Crippen molar-refractivity contribution in [1.29, 1.82) is 0 Å². The van der Waals surface area contributed by atoms with Crippen LogP contribution in [0.2, 0.25) is 0 Å². The smallest absolute Gasteiger partial charge is 0.0664 e. The Morgan fingerprint density at radius 1 is 0.882 bits per heavy atom. The van der Waals surface area contributed by atoms with Gasteiger partial charge >= 0.3 is 0 Å². The molecule has 1 aromatic carbocycles. The van der Waals surface area contributed by atoms with Crippen LogP contribution in [0.15, 0.2) is 60.8 Å². The van der Waals surface area contributed by atoms with E-state index in [1.54, 1.807) is 0 Å². The summed E-state index contributed by atoms with van der Waals surface area (Å²) >= 11 is 0. The topological polar surface area (TPSA) is 12.9 Å². The summed E-state index contributed by atoms with van der Waals surface area (Å²) in [5, 5.41) is 0. The van der Waals surface area contributed by atoms with Gasteiger partial charge in [0.1, 0.15) is 0 Å². The maximum Gasteiger partial charge on any atom is 0.0664 e. The SMILES string of the molecule is C1=Cc2ncccc2CC=C1c1ccccc1. The van der Waals surface area contributed by atoms with E-state index in [0.717, 1.165) is 12.1 Å². The highest BCUT2D eigenvalue weighted by atomic mass is 14.7. The number of hydrogen-bond donors (Lipinski definition) is 0. The lowest BCUT2D eigenvalue weighted by Crippen LogP contribution is -1.88. The molecule has 0 bridgehead atoms. The number of fused-ring (bicyclic) bond motifs is 1. The fraction of sp³-hybridized carbons (Fsp3) is 0.0625. The van der Waals surface area contributed by atoms with Crippen LogP contribution in [0.3, 0.4) is 0 Å². The predicted octanol–water partition coefficient (Wildman–Crippen LogP) is 3.73. The van der Waals surface area contributed by atoms with Gasteiger partial charge in [0.2, 0.25) is 0 Å². The first-order valence-corrected chi connectivity index (χ1v) is 5.81. The third kappa shape index (κ3) is 2.04. The van der Waals surface area contributed by atoms with Crippen molar-refractivity contribution in [2.24, 2.45) is 0 Å². The molecule has 82 valence electrons. The second-order valence-electron chi connectivity index (χ2n) is 4.11. The summed E-state index contributed by atoms with van der Waals surface area (Å²) in [6, 6.07) is 14.6. The monoisotopic (exact) mass is 219 g/mol. The molecule has 1 aliphatic rings. The molecule has 0 fully saturated rings. The zero-order valence-electron chi connectivity index (χ0n) is 9.51. The number of pyridine rings is 1. The molecule has 17 heavy (non-hydrogen) atoms. The van der Waals surface area contributed by atoms with Crippen LogP contribution in [0, 0.1) is 0 Å². The van der Waals surface area contributed by atoms with E-state index in [9.17, 15) is 0 Å². The predicted molar refractivity (Wildman–Crippen MR) is 71.4 cm³/mol. The molecular weight excluding hydrogens is 206 g/mol. The minimum Gasteiger partial charge on any atom is -0.257 e. The lowest BCUT2D eigenvalue weighted by Gasteiger charge is -2.00. The third-order valence-corrected chi connectivity index (χ3v) is 3.00. The van der Waals surface area contributed by atoms with Crippen molar-refractivity contribution in [1.82, 2.24) is 4.98 Å². The standard InChI is InChI=1S/C16H13N/c1-2-5-13(6-3-1)14-8-9-15-7-4-12-17-16(15)11-10-14/h1-8,10-12H,9H2. The Morgan fingerprint density at radius 3 is 2.65 bits per heavy atom. The summed E-state index contributed by atoms with van der Waals surface area (Å²) in [6.07, 6.45) is 9.30. The summed E-state index contributed by atoms with van der Waals surface area (Å²) in [6.45, 7) is 0. The maximum absolute atomic E-state index is 4.39. The molecule has 3 rings (SSSR count). The first kappa shape index (κ1) is 10.0. The molecule has 1 heterocycles. The van der Waals surface area contributed by atoms with E-state index < -0.39 is 0 Å². The van der Waals surface area contributed by atoms with Gasteiger partial charge in [-0.2, -0.15) is 0 Å². The van der Waals surface area contributed by atoms with Crippen molar-refractivity contribution in [3.8, 4) is 0 Å². The second kappa shape index (κ2) is 4.38. The van der Waals surface area contributed by atoms with Gasteiger partial charge in [0.25, 0.3) is 0 Å². The molecule has 1 heteroatoms. The Morgan fingerprint density at radius 2 is 1.76 bits per heavy atom. The second-order valence-corrected chi connectivity index (χ2v) is 4.11. The first-order valence-electron chi connectivity index (χ1n) is 5.81. The summed E-state index contributed by atoms with van der Waals surface area (Å²) in [7, 11) is 0. The van der Waals surface area contributed by atoms with E-state index >= 15 is 0 Å². The highest BCUT2D eigenvalue weighted by Crippen LogP contribution is 2.22.